The maximum atomic E-state index is 12.7. The fraction of sp³-hybridized carbons (Fsp3) is 0.273. The summed E-state index contributed by atoms with van der Waals surface area (Å²) in [5.74, 6) is 0.272. The predicted molar refractivity (Wildman–Crippen MR) is 118 cm³/mol. The minimum atomic E-state index is -3.76. The summed E-state index contributed by atoms with van der Waals surface area (Å²) in [4.78, 5) is 12.7. The van der Waals surface area contributed by atoms with Crippen LogP contribution in [-0.2, 0) is 10.0 Å². The van der Waals surface area contributed by atoms with E-state index in [-0.39, 0.29) is 16.8 Å². The average Bonchev–Trinajstić information content (AvgIpc) is 3.19. The van der Waals surface area contributed by atoms with Crippen molar-refractivity contribution in [3.63, 3.8) is 0 Å². The van der Waals surface area contributed by atoms with Gasteiger partial charge in [0.05, 0.1) is 22.8 Å². The van der Waals surface area contributed by atoms with E-state index < -0.39 is 10.0 Å². The maximum Gasteiger partial charge on any atom is 0.261 e. The first-order valence-electron chi connectivity index (χ1n) is 9.77. The number of hydrogen-bond donors (Lipinski definition) is 2. The second kappa shape index (κ2) is 8.71. The van der Waals surface area contributed by atoms with Gasteiger partial charge in [-0.15, -0.1) is 0 Å². The van der Waals surface area contributed by atoms with Crippen LogP contribution in [0, 0.1) is 13.8 Å². The molecule has 8 heteroatoms. The lowest BCUT2D eigenvalue weighted by atomic mass is 10.1. The SMILES string of the molecule is CCC(C)n1nccc1NC(=O)c1ccc(S(=O)(=O)Nc2cccc(C)c2C)cc1. The van der Waals surface area contributed by atoms with E-state index in [0.29, 0.717) is 17.1 Å². The molecule has 2 N–H and O–H groups in total. The van der Waals surface area contributed by atoms with Crippen molar-refractivity contribution < 1.29 is 13.2 Å². The van der Waals surface area contributed by atoms with Crippen LogP contribution in [0.2, 0.25) is 0 Å². The number of anilines is 2. The molecule has 1 atom stereocenters. The fourth-order valence-corrected chi connectivity index (χ4v) is 4.10. The Balaban J connectivity index is 1.76. The molecule has 158 valence electrons. The second-order valence-electron chi connectivity index (χ2n) is 7.25. The van der Waals surface area contributed by atoms with Gasteiger partial charge in [-0.05, 0) is 68.7 Å². The largest absolute Gasteiger partial charge is 0.307 e. The molecule has 1 amide bonds. The number of amides is 1. The van der Waals surface area contributed by atoms with Gasteiger partial charge in [0.2, 0.25) is 0 Å². The number of aryl methyl sites for hydroxylation is 1. The van der Waals surface area contributed by atoms with Gasteiger partial charge in [0, 0.05) is 11.6 Å². The molecule has 3 aromatic rings. The third-order valence-corrected chi connectivity index (χ3v) is 6.58. The number of carbonyl (C=O) groups excluding carboxylic acids is 1. The lowest BCUT2D eigenvalue weighted by Crippen LogP contribution is -2.18. The van der Waals surface area contributed by atoms with Gasteiger partial charge in [-0.3, -0.25) is 9.52 Å². The molecule has 0 aliphatic rings. The summed E-state index contributed by atoms with van der Waals surface area (Å²) in [7, 11) is -3.76. The summed E-state index contributed by atoms with van der Waals surface area (Å²) in [5.41, 5.74) is 2.77. The second-order valence-corrected chi connectivity index (χ2v) is 8.93. The summed E-state index contributed by atoms with van der Waals surface area (Å²) >= 11 is 0. The molecular formula is C22H26N4O3S. The van der Waals surface area contributed by atoms with Crippen LogP contribution in [0.4, 0.5) is 11.5 Å². The highest BCUT2D eigenvalue weighted by atomic mass is 32.2. The lowest BCUT2D eigenvalue weighted by molar-refractivity contribution is 0.102. The van der Waals surface area contributed by atoms with E-state index >= 15 is 0 Å². The number of sulfonamides is 1. The predicted octanol–water partition coefficient (Wildman–Crippen LogP) is 4.52. The summed E-state index contributed by atoms with van der Waals surface area (Å²) < 4.78 is 29.8. The van der Waals surface area contributed by atoms with Gasteiger partial charge in [0.15, 0.2) is 0 Å². The Labute approximate surface area is 177 Å². The van der Waals surface area contributed by atoms with Crippen molar-refractivity contribution >= 4 is 27.4 Å². The van der Waals surface area contributed by atoms with E-state index in [2.05, 4.69) is 15.1 Å². The van der Waals surface area contributed by atoms with Crippen molar-refractivity contribution in [1.82, 2.24) is 9.78 Å². The van der Waals surface area contributed by atoms with Gasteiger partial charge in [-0.25, -0.2) is 13.1 Å². The molecule has 0 radical (unpaired) electrons. The molecule has 1 heterocycles. The Kier molecular flexibility index (Phi) is 6.26. The first-order valence-corrected chi connectivity index (χ1v) is 11.2. The number of rotatable bonds is 7. The summed E-state index contributed by atoms with van der Waals surface area (Å²) in [5, 5.41) is 7.08. The van der Waals surface area contributed by atoms with Gasteiger partial charge in [0.1, 0.15) is 5.82 Å². The summed E-state index contributed by atoms with van der Waals surface area (Å²) in [6.45, 7) is 7.85. The molecule has 0 saturated heterocycles. The van der Waals surface area contributed by atoms with Crippen molar-refractivity contribution in [2.24, 2.45) is 0 Å². The van der Waals surface area contributed by atoms with E-state index in [1.807, 2.05) is 33.8 Å². The van der Waals surface area contributed by atoms with Crippen LogP contribution < -0.4 is 10.0 Å². The molecule has 0 aliphatic carbocycles. The summed E-state index contributed by atoms with van der Waals surface area (Å²) in [6, 6.07) is 13.2. The zero-order chi connectivity index (χ0) is 21.9. The van der Waals surface area contributed by atoms with Crippen LogP contribution in [-0.4, -0.2) is 24.1 Å². The Bertz CT molecular complexity index is 1150. The fourth-order valence-electron chi connectivity index (χ4n) is 2.98. The molecule has 0 bridgehead atoms. The molecule has 7 nitrogen and oxygen atoms in total. The van der Waals surface area contributed by atoms with Gasteiger partial charge in [-0.1, -0.05) is 19.1 Å². The van der Waals surface area contributed by atoms with Gasteiger partial charge >= 0.3 is 0 Å². The topological polar surface area (TPSA) is 93.1 Å². The first kappa shape index (κ1) is 21.6. The first-order chi connectivity index (χ1) is 14.2. The number of aromatic nitrogens is 2. The van der Waals surface area contributed by atoms with E-state index in [1.165, 1.54) is 24.3 Å². The quantitative estimate of drug-likeness (QED) is 0.581. The monoisotopic (exact) mass is 426 g/mol. The van der Waals surface area contributed by atoms with Crippen molar-refractivity contribution in [2.75, 3.05) is 10.0 Å². The molecular weight excluding hydrogens is 400 g/mol. The Hall–Kier alpha value is -3.13. The minimum absolute atomic E-state index is 0.0876. The molecule has 0 saturated carbocycles. The standard InChI is InChI=1S/C22H26N4O3S/c1-5-16(3)26-21(13-14-23-26)24-22(27)18-9-11-19(12-10-18)30(28,29)25-20-8-6-7-15(2)17(20)4/h6-14,16,25H,5H2,1-4H3,(H,24,27). The van der Waals surface area contributed by atoms with Crippen LogP contribution >= 0.6 is 0 Å². The van der Waals surface area contributed by atoms with Gasteiger partial charge < -0.3 is 5.32 Å². The van der Waals surface area contributed by atoms with Gasteiger partial charge in [-0.2, -0.15) is 5.10 Å². The van der Waals surface area contributed by atoms with Crippen LogP contribution in [0.1, 0.15) is 47.8 Å². The van der Waals surface area contributed by atoms with Crippen molar-refractivity contribution in [3.05, 3.63) is 71.4 Å². The number of hydrogen-bond acceptors (Lipinski definition) is 4. The highest BCUT2D eigenvalue weighted by Gasteiger charge is 2.17. The zero-order valence-electron chi connectivity index (χ0n) is 17.5. The van der Waals surface area contributed by atoms with E-state index in [0.717, 1.165) is 17.5 Å². The molecule has 0 spiro atoms. The van der Waals surface area contributed by atoms with Crippen LogP contribution in [0.5, 0.6) is 0 Å². The average molecular weight is 427 g/mol. The maximum absolute atomic E-state index is 12.7. The zero-order valence-corrected chi connectivity index (χ0v) is 18.3. The highest BCUT2D eigenvalue weighted by molar-refractivity contribution is 7.92. The minimum Gasteiger partial charge on any atom is -0.307 e. The van der Waals surface area contributed by atoms with Crippen LogP contribution in [0.15, 0.2) is 59.6 Å². The number of nitrogens with one attached hydrogen (secondary N) is 2. The Morgan fingerprint density at radius 2 is 1.80 bits per heavy atom. The third kappa shape index (κ3) is 4.54. The van der Waals surface area contributed by atoms with E-state index in [1.54, 1.807) is 29.1 Å². The molecule has 3 rings (SSSR count). The Morgan fingerprint density at radius 3 is 2.47 bits per heavy atom. The molecule has 30 heavy (non-hydrogen) atoms. The summed E-state index contributed by atoms with van der Waals surface area (Å²) in [6.07, 6.45) is 2.51. The number of benzene rings is 2. The lowest BCUT2D eigenvalue weighted by Gasteiger charge is -2.14. The van der Waals surface area contributed by atoms with E-state index in [4.69, 9.17) is 0 Å². The van der Waals surface area contributed by atoms with Crippen molar-refractivity contribution in [3.8, 4) is 0 Å². The normalized spacial score (nSPS) is 12.4. The molecule has 0 fully saturated rings. The molecule has 2 aromatic carbocycles. The number of nitrogens with zero attached hydrogens (tertiary/aromatic N) is 2. The number of carbonyl (C=O) groups is 1. The molecule has 1 unspecified atom stereocenters. The molecule has 0 aliphatic heterocycles. The van der Waals surface area contributed by atoms with Crippen molar-refractivity contribution in [1.29, 1.82) is 0 Å². The van der Waals surface area contributed by atoms with E-state index in [9.17, 15) is 13.2 Å². The Morgan fingerprint density at radius 1 is 1.10 bits per heavy atom. The van der Waals surface area contributed by atoms with Gasteiger partial charge in [0.25, 0.3) is 15.9 Å². The van der Waals surface area contributed by atoms with Crippen LogP contribution in [0.3, 0.4) is 0 Å². The van der Waals surface area contributed by atoms with Crippen molar-refractivity contribution in [2.45, 2.75) is 45.1 Å². The smallest absolute Gasteiger partial charge is 0.261 e. The molecule has 1 aromatic heterocycles. The third-order valence-electron chi connectivity index (χ3n) is 5.20. The van der Waals surface area contributed by atoms with Crippen LogP contribution in [0.25, 0.3) is 0 Å². The highest BCUT2D eigenvalue weighted by Crippen LogP contribution is 2.23.